The van der Waals surface area contributed by atoms with Gasteiger partial charge >= 0.3 is 6.09 Å². The lowest BCUT2D eigenvalue weighted by Gasteiger charge is -2.13. The van der Waals surface area contributed by atoms with E-state index in [9.17, 15) is 4.79 Å². The lowest BCUT2D eigenvalue weighted by molar-refractivity contribution is 0.145. The first-order valence-electron chi connectivity index (χ1n) is 5.57. The number of ether oxygens (including phenoxy) is 1. The molecular formula is C12H21NO2. The molecule has 0 spiro atoms. The summed E-state index contributed by atoms with van der Waals surface area (Å²) in [7, 11) is 0. The highest BCUT2D eigenvalue weighted by Gasteiger charge is 2.06. The third-order valence-electron chi connectivity index (χ3n) is 2.08. The van der Waals surface area contributed by atoms with E-state index in [0.29, 0.717) is 13.0 Å². The molecule has 3 heteroatoms. The summed E-state index contributed by atoms with van der Waals surface area (Å²) in [6.45, 7) is 4.44. The maximum absolute atomic E-state index is 11.2. The molecule has 1 atom stereocenters. The van der Waals surface area contributed by atoms with Crippen LogP contribution in [-0.4, -0.2) is 18.7 Å². The first-order valence-corrected chi connectivity index (χ1v) is 5.57. The van der Waals surface area contributed by atoms with Gasteiger partial charge in [0.25, 0.3) is 0 Å². The van der Waals surface area contributed by atoms with Crippen molar-refractivity contribution in [3.05, 3.63) is 0 Å². The van der Waals surface area contributed by atoms with Gasteiger partial charge in [-0.3, -0.25) is 0 Å². The van der Waals surface area contributed by atoms with Gasteiger partial charge in [-0.2, -0.15) is 0 Å². The zero-order valence-corrected chi connectivity index (χ0v) is 9.71. The third kappa shape index (κ3) is 9.14. The van der Waals surface area contributed by atoms with Gasteiger partial charge in [0.05, 0.1) is 0 Å². The number of rotatable bonds is 7. The van der Waals surface area contributed by atoms with Crippen LogP contribution in [-0.2, 0) is 4.74 Å². The van der Waals surface area contributed by atoms with Crippen molar-refractivity contribution in [1.29, 1.82) is 0 Å². The second-order valence-corrected chi connectivity index (χ2v) is 3.63. The molecule has 0 aliphatic rings. The molecule has 0 aromatic rings. The minimum absolute atomic E-state index is 0.176. The van der Waals surface area contributed by atoms with Gasteiger partial charge in [-0.15, -0.1) is 12.3 Å². The second-order valence-electron chi connectivity index (χ2n) is 3.63. The van der Waals surface area contributed by atoms with Crippen LogP contribution in [0.15, 0.2) is 0 Å². The Morgan fingerprint density at radius 1 is 1.53 bits per heavy atom. The summed E-state index contributed by atoms with van der Waals surface area (Å²) >= 11 is 0. The Balaban J connectivity index is 3.45. The van der Waals surface area contributed by atoms with E-state index < -0.39 is 0 Å². The van der Waals surface area contributed by atoms with Crippen molar-refractivity contribution in [1.82, 2.24) is 5.32 Å². The first-order chi connectivity index (χ1) is 7.20. The molecule has 0 aromatic heterocycles. The van der Waals surface area contributed by atoms with Crippen LogP contribution >= 0.6 is 0 Å². The lowest BCUT2D eigenvalue weighted by atomic mass is 10.1. The highest BCUT2D eigenvalue weighted by molar-refractivity contribution is 5.67. The molecule has 0 aromatic carbocycles. The molecule has 0 saturated carbocycles. The Bertz CT molecular complexity index is 208. The summed E-state index contributed by atoms with van der Waals surface area (Å²) in [5.74, 6) is 2.41. The van der Waals surface area contributed by atoms with Gasteiger partial charge in [0, 0.05) is 12.5 Å². The van der Waals surface area contributed by atoms with Gasteiger partial charge in [0.1, 0.15) is 6.61 Å². The van der Waals surface area contributed by atoms with Gasteiger partial charge < -0.3 is 10.1 Å². The molecule has 0 fully saturated rings. The fourth-order valence-electron chi connectivity index (χ4n) is 1.22. The van der Waals surface area contributed by atoms with Crippen LogP contribution in [0.4, 0.5) is 4.79 Å². The molecule has 1 amide bonds. The topological polar surface area (TPSA) is 38.3 Å². The first kappa shape index (κ1) is 13.8. The van der Waals surface area contributed by atoms with E-state index in [0.717, 1.165) is 12.8 Å². The Morgan fingerprint density at radius 2 is 2.27 bits per heavy atom. The number of carbonyl (C=O) groups is 1. The number of carbonyl (C=O) groups excluding carboxylic acids is 1. The maximum atomic E-state index is 11.2. The van der Waals surface area contributed by atoms with Crippen molar-refractivity contribution < 1.29 is 9.53 Å². The molecule has 0 heterocycles. The molecule has 3 nitrogen and oxygen atoms in total. The molecule has 86 valence electrons. The Hall–Kier alpha value is -1.17. The summed E-state index contributed by atoms with van der Waals surface area (Å²) in [4.78, 5) is 11.2. The van der Waals surface area contributed by atoms with E-state index >= 15 is 0 Å². The molecule has 1 unspecified atom stereocenters. The van der Waals surface area contributed by atoms with E-state index in [1.807, 2.05) is 6.92 Å². The van der Waals surface area contributed by atoms with Crippen molar-refractivity contribution in [3.63, 3.8) is 0 Å². The largest absolute Gasteiger partial charge is 0.449 e. The fourth-order valence-corrected chi connectivity index (χ4v) is 1.22. The van der Waals surface area contributed by atoms with Crippen molar-refractivity contribution >= 4 is 6.09 Å². The Labute approximate surface area is 92.6 Å². The lowest BCUT2D eigenvalue weighted by Crippen LogP contribution is -2.33. The predicted molar refractivity (Wildman–Crippen MR) is 61.5 cm³/mol. The zero-order valence-electron chi connectivity index (χ0n) is 9.71. The van der Waals surface area contributed by atoms with Crippen LogP contribution in [0.25, 0.3) is 0 Å². The average molecular weight is 211 g/mol. The van der Waals surface area contributed by atoms with Gasteiger partial charge in [0.2, 0.25) is 0 Å². The normalized spacial score (nSPS) is 11.5. The molecule has 0 radical (unpaired) electrons. The molecule has 0 bridgehead atoms. The number of amides is 1. The van der Waals surface area contributed by atoms with E-state index in [-0.39, 0.29) is 12.1 Å². The van der Waals surface area contributed by atoms with Crippen LogP contribution in [0.3, 0.4) is 0 Å². The second kappa shape index (κ2) is 9.39. The van der Waals surface area contributed by atoms with Crippen LogP contribution in [0.1, 0.15) is 46.0 Å². The molecule has 0 rings (SSSR count). The highest BCUT2D eigenvalue weighted by Crippen LogP contribution is 2.02. The van der Waals surface area contributed by atoms with Gasteiger partial charge in [-0.25, -0.2) is 4.79 Å². The van der Waals surface area contributed by atoms with E-state index in [4.69, 9.17) is 11.2 Å². The van der Waals surface area contributed by atoms with Crippen LogP contribution < -0.4 is 5.32 Å². The summed E-state index contributed by atoms with van der Waals surface area (Å²) in [5.41, 5.74) is 0. The Morgan fingerprint density at radius 3 is 2.87 bits per heavy atom. The quantitative estimate of drug-likeness (QED) is 0.519. The smallest absolute Gasteiger partial charge is 0.407 e. The molecule has 1 N–H and O–H groups in total. The molecule has 15 heavy (non-hydrogen) atoms. The monoisotopic (exact) mass is 211 g/mol. The highest BCUT2D eigenvalue weighted by atomic mass is 16.5. The number of hydrogen-bond donors (Lipinski definition) is 1. The number of alkyl carbamates (subject to hydrolysis) is 1. The molecule has 0 aliphatic carbocycles. The zero-order chi connectivity index (χ0) is 11.5. The van der Waals surface area contributed by atoms with Crippen molar-refractivity contribution in [3.8, 4) is 12.3 Å². The molecule has 0 aliphatic heterocycles. The number of nitrogens with one attached hydrogen (secondary N) is 1. The van der Waals surface area contributed by atoms with Crippen molar-refractivity contribution in [2.24, 2.45) is 0 Å². The van der Waals surface area contributed by atoms with Gasteiger partial charge in [-0.1, -0.05) is 26.2 Å². The maximum Gasteiger partial charge on any atom is 0.407 e. The average Bonchev–Trinajstić information content (AvgIpc) is 2.18. The van der Waals surface area contributed by atoms with Gasteiger partial charge in [0.15, 0.2) is 0 Å². The van der Waals surface area contributed by atoms with Crippen LogP contribution in [0.2, 0.25) is 0 Å². The molecule has 0 saturated heterocycles. The van der Waals surface area contributed by atoms with Crippen molar-refractivity contribution in [2.45, 2.75) is 52.0 Å². The number of unbranched alkanes of at least 4 members (excludes halogenated alkanes) is 2. The van der Waals surface area contributed by atoms with E-state index in [1.54, 1.807) is 0 Å². The number of terminal acetylenes is 1. The minimum atomic E-state index is -0.366. The summed E-state index contributed by atoms with van der Waals surface area (Å²) in [6.07, 6.45) is 9.68. The fraction of sp³-hybridized carbons (Fsp3) is 0.750. The molecular weight excluding hydrogens is 190 g/mol. The van der Waals surface area contributed by atoms with E-state index in [1.165, 1.54) is 12.8 Å². The van der Waals surface area contributed by atoms with Crippen molar-refractivity contribution in [2.75, 3.05) is 6.61 Å². The standard InChI is InChI=1S/C12H21NO2/c1-4-6-8-9-11(3)13-12(14)15-10-7-5-2/h2,11H,4,6-10H2,1,3H3,(H,13,14). The number of hydrogen-bond acceptors (Lipinski definition) is 2. The van der Waals surface area contributed by atoms with Crippen LogP contribution in [0.5, 0.6) is 0 Å². The summed E-state index contributed by atoms with van der Waals surface area (Å²) in [6, 6.07) is 0.176. The SMILES string of the molecule is C#CCCOC(=O)NC(C)CCCCC. The van der Waals surface area contributed by atoms with Crippen LogP contribution in [0, 0.1) is 12.3 Å². The van der Waals surface area contributed by atoms with E-state index in [2.05, 4.69) is 18.2 Å². The Kier molecular flexibility index (Phi) is 8.66. The van der Waals surface area contributed by atoms with Gasteiger partial charge in [-0.05, 0) is 13.3 Å². The minimum Gasteiger partial charge on any atom is -0.449 e. The summed E-state index contributed by atoms with van der Waals surface area (Å²) in [5, 5.41) is 2.77. The predicted octanol–water partition coefficient (Wildman–Crippen LogP) is 2.70. The summed E-state index contributed by atoms with van der Waals surface area (Å²) < 4.78 is 4.87. The third-order valence-corrected chi connectivity index (χ3v) is 2.08.